The van der Waals surface area contributed by atoms with Crippen molar-refractivity contribution in [2.45, 2.75) is 11.3 Å². The lowest BCUT2D eigenvalue weighted by Gasteiger charge is -2.18. The summed E-state index contributed by atoms with van der Waals surface area (Å²) in [5, 5.41) is 0.373. The van der Waals surface area contributed by atoms with Gasteiger partial charge in [0.25, 0.3) is 0 Å². The van der Waals surface area contributed by atoms with Gasteiger partial charge in [-0.15, -0.1) is 0 Å². The van der Waals surface area contributed by atoms with E-state index in [9.17, 15) is 8.42 Å². The second-order valence-corrected chi connectivity index (χ2v) is 7.58. The zero-order chi connectivity index (χ0) is 14.2. The van der Waals surface area contributed by atoms with Crippen molar-refractivity contribution in [3.8, 4) is 0 Å². The first-order valence-electron chi connectivity index (χ1n) is 5.71. The molecule has 0 radical (unpaired) electrons. The first kappa shape index (κ1) is 15.4. The second kappa shape index (κ2) is 5.76. The monoisotopic (exact) mass is 342 g/mol. The molecule has 0 aliphatic carbocycles. The zero-order valence-electron chi connectivity index (χ0n) is 9.94. The van der Waals surface area contributed by atoms with Crippen molar-refractivity contribution < 1.29 is 8.42 Å². The summed E-state index contributed by atoms with van der Waals surface area (Å²) in [5.41, 5.74) is 5.57. The smallest absolute Gasteiger partial charge is 0.246 e. The minimum absolute atomic E-state index is 0.0358. The Morgan fingerprint density at radius 1 is 1.26 bits per heavy atom. The molecule has 4 nitrogen and oxygen atoms in total. The number of benzene rings is 1. The fraction of sp³-hybridized carbons (Fsp3) is 0.455. The maximum absolute atomic E-state index is 12.5. The molecular weight excluding hydrogens is 331 g/mol. The second-order valence-electron chi connectivity index (χ2n) is 4.45. The van der Waals surface area contributed by atoms with Gasteiger partial charge in [-0.25, -0.2) is 8.42 Å². The van der Waals surface area contributed by atoms with Crippen molar-refractivity contribution >= 4 is 44.8 Å². The molecule has 0 amide bonds. The van der Waals surface area contributed by atoms with Crippen LogP contribution in [0.1, 0.15) is 6.42 Å². The van der Waals surface area contributed by atoms with Gasteiger partial charge in [0.05, 0.1) is 10.0 Å². The van der Waals surface area contributed by atoms with E-state index in [0.29, 0.717) is 24.7 Å². The standard InChI is InChI=1S/C11H13Cl3N2O2S/c12-8-3-9(13)11(10(14)4-8)19(17,18)16-2-1-7(5-15)6-16/h3-4,7H,1-2,5-6,15H2/t7-/m1/s1. The maximum Gasteiger partial charge on any atom is 0.246 e. The Morgan fingerprint density at radius 2 is 1.84 bits per heavy atom. The normalized spacial score (nSPS) is 20.9. The van der Waals surface area contributed by atoms with Crippen LogP contribution in [0.25, 0.3) is 0 Å². The SMILES string of the molecule is NC[C@H]1CCN(S(=O)(=O)c2c(Cl)cc(Cl)cc2Cl)C1. The lowest BCUT2D eigenvalue weighted by atomic mass is 10.1. The molecule has 0 unspecified atom stereocenters. The Balaban J connectivity index is 2.41. The Labute approximate surface area is 127 Å². The van der Waals surface area contributed by atoms with Gasteiger partial charge in [-0.3, -0.25) is 0 Å². The van der Waals surface area contributed by atoms with Crippen LogP contribution in [0.3, 0.4) is 0 Å². The predicted octanol–water partition coefficient (Wildman–Crippen LogP) is 2.62. The Bertz CT molecular complexity index is 569. The van der Waals surface area contributed by atoms with Gasteiger partial charge in [0.15, 0.2) is 0 Å². The third-order valence-corrected chi connectivity index (χ3v) is 6.15. The number of hydrogen-bond donors (Lipinski definition) is 1. The highest BCUT2D eigenvalue weighted by Gasteiger charge is 2.34. The number of hydrogen-bond acceptors (Lipinski definition) is 3. The van der Waals surface area contributed by atoms with E-state index in [4.69, 9.17) is 40.5 Å². The molecule has 8 heteroatoms. The highest BCUT2D eigenvalue weighted by molar-refractivity contribution is 7.89. The van der Waals surface area contributed by atoms with Crippen LogP contribution in [0.4, 0.5) is 0 Å². The molecule has 0 bridgehead atoms. The van der Waals surface area contributed by atoms with E-state index >= 15 is 0 Å². The summed E-state index contributed by atoms with van der Waals surface area (Å²) in [6.45, 7) is 1.29. The van der Waals surface area contributed by atoms with Crippen LogP contribution in [0.5, 0.6) is 0 Å². The first-order valence-corrected chi connectivity index (χ1v) is 8.28. The van der Waals surface area contributed by atoms with E-state index in [1.807, 2.05) is 0 Å². The summed E-state index contributed by atoms with van der Waals surface area (Å²) in [6.07, 6.45) is 0.749. The minimum Gasteiger partial charge on any atom is -0.330 e. The topological polar surface area (TPSA) is 63.4 Å². The average Bonchev–Trinajstić information content (AvgIpc) is 2.75. The van der Waals surface area contributed by atoms with Crippen molar-refractivity contribution in [1.29, 1.82) is 0 Å². The summed E-state index contributed by atoms with van der Waals surface area (Å²) in [4.78, 5) is -0.0853. The van der Waals surface area contributed by atoms with Gasteiger partial charge in [-0.1, -0.05) is 34.8 Å². The molecule has 1 aliphatic rings. The fourth-order valence-corrected chi connectivity index (χ4v) is 5.14. The third-order valence-electron chi connectivity index (χ3n) is 3.14. The molecule has 106 valence electrons. The molecule has 1 atom stereocenters. The van der Waals surface area contributed by atoms with E-state index in [2.05, 4.69) is 0 Å². The maximum atomic E-state index is 12.5. The van der Waals surface area contributed by atoms with Crippen molar-refractivity contribution in [2.24, 2.45) is 11.7 Å². The molecule has 0 saturated carbocycles. The number of sulfonamides is 1. The van der Waals surface area contributed by atoms with Gasteiger partial charge < -0.3 is 5.73 Å². The molecule has 1 fully saturated rings. The lowest BCUT2D eigenvalue weighted by Crippen LogP contribution is -2.30. The molecule has 2 rings (SSSR count). The Morgan fingerprint density at radius 3 is 2.32 bits per heavy atom. The van der Waals surface area contributed by atoms with Crippen LogP contribution in [0.2, 0.25) is 15.1 Å². The van der Waals surface area contributed by atoms with Crippen molar-refractivity contribution in [3.05, 3.63) is 27.2 Å². The van der Waals surface area contributed by atoms with Crippen LogP contribution < -0.4 is 5.73 Å². The van der Waals surface area contributed by atoms with Crippen LogP contribution in [0, 0.1) is 5.92 Å². The lowest BCUT2D eigenvalue weighted by molar-refractivity contribution is 0.459. The highest BCUT2D eigenvalue weighted by Crippen LogP contribution is 2.36. The number of nitrogens with two attached hydrogens (primary N) is 1. The van der Waals surface area contributed by atoms with Gasteiger partial charge in [-0.05, 0) is 31.0 Å². The summed E-state index contributed by atoms with van der Waals surface area (Å²) in [6, 6.07) is 2.75. The number of halogens is 3. The van der Waals surface area contributed by atoms with Gasteiger partial charge >= 0.3 is 0 Å². The zero-order valence-corrected chi connectivity index (χ0v) is 13.0. The fourth-order valence-electron chi connectivity index (χ4n) is 2.11. The molecule has 0 spiro atoms. The molecule has 1 heterocycles. The predicted molar refractivity (Wildman–Crippen MR) is 77.4 cm³/mol. The Hall–Kier alpha value is -0.0400. The quantitative estimate of drug-likeness (QED) is 0.917. The van der Waals surface area contributed by atoms with Gasteiger partial charge in [0.2, 0.25) is 10.0 Å². The molecule has 1 aliphatic heterocycles. The van der Waals surface area contributed by atoms with E-state index in [-0.39, 0.29) is 20.9 Å². The largest absolute Gasteiger partial charge is 0.330 e. The molecule has 0 aromatic heterocycles. The van der Waals surface area contributed by atoms with Gasteiger partial charge in [0.1, 0.15) is 4.90 Å². The van der Waals surface area contributed by atoms with E-state index in [1.165, 1.54) is 16.4 Å². The minimum atomic E-state index is -3.70. The molecule has 1 aromatic carbocycles. The van der Waals surface area contributed by atoms with Crippen molar-refractivity contribution in [1.82, 2.24) is 4.31 Å². The highest BCUT2D eigenvalue weighted by atomic mass is 35.5. The third kappa shape index (κ3) is 3.01. The van der Waals surface area contributed by atoms with Crippen LogP contribution >= 0.6 is 34.8 Å². The molecule has 2 N–H and O–H groups in total. The van der Waals surface area contributed by atoms with Crippen molar-refractivity contribution in [2.75, 3.05) is 19.6 Å². The summed E-state index contributed by atoms with van der Waals surface area (Å²) < 4.78 is 26.4. The summed E-state index contributed by atoms with van der Waals surface area (Å²) in [5.74, 6) is 0.180. The van der Waals surface area contributed by atoms with Crippen molar-refractivity contribution in [3.63, 3.8) is 0 Å². The summed E-state index contributed by atoms with van der Waals surface area (Å²) in [7, 11) is -3.70. The number of rotatable bonds is 3. The van der Waals surface area contributed by atoms with E-state index in [1.54, 1.807) is 0 Å². The Kier molecular flexibility index (Phi) is 4.65. The first-order chi connectivity index (χ1) is 8.86. The van der Waals surface area contributed by atoms with E-state index < -0.39 is 10.0 Å². The summed E-state index contributed by atoms with van der Waals surface area (Å²) >= 11 is 17.7. The van der Waals surface area contributed by atoms with Crippen LogP contribution in [-0.4, -0.2) is 32.4 Å². The average molecular weight is 344 g/mol. The van der Waals surface area contributed by atoms with Crippen LogP contribution in [-0.2, 0) is 10.0 Å². The molecular formula is C11H13Cl3N2O2S. The number of nitrogens with zero attached hydrogens (tertiary/aromatic N) is 1. The molecule has 1 aromatic rings. The van der Waals surface area contributed by atoms with E-state index in [0.717, 1.165) is 6.42 Å². The molecule has 19 heavy (non-hydrogen) atoms. The van der Waals surface area contributed by atoms with Gasteiger partial charge in [0, 0.05) is 18.1 Å². The van der Waals surface area contributed by atoms with Gasteiger partial charge in [-0.2, -0.15) is 4.31 Å². The van der Waals surface area contributed by atoms with Crippen LogP contribution in [0.15, 0.2) is 17.0 Å². The molecule has 1 saturated heterocycles.